The van der Waals surface area contributed by atoms with E-state index >= 15 is 0 Å². The van der Waals surface area contributed by atoms with Gasteiger partial charge >= 0.3 is 0 Å². The van der Waals surface area contributed by atoms with Gasteiger partial charge in [-0.25, -0.2) is 8.42 Å². The standard InChI is InChI=1S/C14H20ClNO3S/c15-9-8-12-4-6-14(7-5-12)20(18,19)16(10-11-17)13-2-1-3-13/h4-7,13,17H,1-3,8-11H2. The molecule has 0 saturated heterocycles. The van der Waals surface area contributed by atoms with Crippen molar-refractivity contribution in [2.24, 2.45) is 0 Å². The van der Waals surface area contributed by atoms with E-state index in [1.165, 1.54) is 4.31 Å². The number of aryl methyl sites for hydroxylation is 1. The van der Waals surface area contributed by atoms with Gasteiger partial charge in [-0.1, -0.05) is 18.6 Å². The Morgan fingerprint density at radius 3 is 2.35 bits per heavy atom. The van der Waals surface area contributed by atoms with E-state index in [2.05, 4.69) is 0 Å². The molecule has 112 valence electrons. The molecule has 1 fully saturated rings. The van der Waals surface area contributed by atoms with Crippen molar-refractivity contribution in [3.8, 4) is 0 Å². The van der Waals surface area contributed by atoms with Gasteiger partial charge in [0.05, 0.1) is 11.5 Å². The lowest BCUT2D eigenvalue weighted by atomic mass is 9.93. The topological polar surface area (TPSA) is 57.6 Å². The summed E-state index contributed by atoms with van der Waals surface area (Å²) in [6.07, 6.45) is 3.54. The van der Waals surface area contributed by atoms with Crippen molar-refractivity contribution >= 4 is 21.6 Å². The van der Waals surface area contributed by atoms with Gasteiger partial charge in [-0.15, -0.1) is 11.6 Å². The van der Waals surface area contributed by atoms with Crippen molar-refractivity contribution in [2.45, 2.75) is 36.6 Å². The number of sulfonamides is 1. The molecule has 20 heavy (non-hydrogen) atoms. The highest BCUT2D eigenvalue weighted by Gasteiger charge is 2.34. The highest BCUT2D eigenvalue weighted by atomic mass is 35.5. The molecule has 0 spiro atoms. The highest BCUT2D eigenvalue weighted by molar-refractivity contribution is 7.89. The van der Waals surface area contributed by atoms with Crippen LogP contribution in [0.15, 0.2) is 29.2 Å². The first kappa shape index (κ1) is 15.8. The van der Waals surface area contributed by atoms with E-state index in [4.69, 9.17) is 16.7 Å². The van der Waals surface area contributed by atoms with Crippen LogP contribution in [0.1, 0.15) is 24.8 Å². The van der Waals surface area contributed by atoms with Gasteiger partial charge in [0.15, 0.2) is 0 Å². The predicted molar refractivity (Wildman–Crippen MR) is 79.5 cm³/mol. The molecule has 1 aliphatic rings. The molecule has 0 heterocycles. The molecule has 2 rings (SSSR count). The van der Waals surface area contributed by atoms with Crippen molar-refractivity contribution < 1.29 is 13.5 Å². The molecule has 0 unspecified atom stereocenters. The molecule has 1 aliphatic carbocycles. The maximum absolute atomic E-state index is 12.6. The van der Waals surface area contributed by atoms with Gasteiger partial charge in [0.1, 0.15) is 0 Å². The summed E-state index contributed by atoms with van der Waals surface area (Å²) in [6.45, 7) is 0.0104. The normalized spacial score (nSPS) is 16.4. The molecule has 1 saturated carbocycles. The fraction of sp³-hybridized carbons (Fsp3) is 0.571. The van der Waals surface area contributed by atoms with E-state index in [1.807, 2.05) is 0 Å². The molecule has 0 radical (unpaired) electrons. The van der Waals surface area contributed by atoms with E-state index in [-0.39, 0.29) is 24.1 Å². The number of aliphatic hydroxyl groups is 1. The Bertz CT molecular complexity index is 526. The predicted octanol–water partition coefficient (Wildman–Crippen LogP) is 2.00. The molecule has 0 atom stereocenters. The Hall–Kier alpha value is -0.620. The lowest BCUT2D eigenvalue weighted by molar-refractivity contribution is 0.178. The van der Waals surface area contributed by atoms with Gasteiger partial charge in [0, 0.05) is 18.5 Å². The molecular weight excluding hydrogens is 298 g/mol. The number of aliphatic hydroxyl groups excluding tert-OH is 1. The van der Waals surface area contributed by atoms with E-state index in [1.54, 1.807) is 24.3 Å². The second-order valence-electron chi connectivity index (χ2n) is 5.01. The number of nitrogens with zero attached hydrogens (tertiary/aromatic N) is 1. The molecule has 1 aromatic rings. The average molecular weight is 318 g/mol. The minimum absolute atomic E-state index is 0.0367. The minimum Gasteiger partial charge on any atom is -0.395 e. The van der Waals surface area contributed by atoms with E-state index in [9.17, 15) is 8.42 Å². The first-order valence-corrected chi connectivity index (χ1v) is 8.84. The second-order valence-corrected chi connectivity index (χ2v) is 7.28. The quantitative estimate of drug-likeness (QED) is 0.783. The van der Waals surface area contributed by atoms with Crippen LogP contribution in [0, 0.1) is 0 Å². The van der Waals surface area contributed by atoms with Crippen LogP contribution < -0.4 is 0 Å². The molecule has 0 aromatic heterocycles. The van der Waals surface area contributed by atoms with Gasteiger partial charge in [-0.3, -0.25) is 0 Å². The number of alkyl halides is 1. The van der Waals surface area contributed by atoms with Gasteiger partial charge in [0.2, 0.25) is 10.0 Å². The van der Waals surface area contributed by atoms with Gasteiger partial charge in [-0.2, -0.15) is 4.31 Å². The van der Waals surface area contributed by atoms with Crippen LogP contribution in [0.3, 0.4) is 0 Å². The third-order valence-electron chi connectivity index (χ3n) is 3.72. The maximum Gasteiger partial charge on any atom is 0.243 e. The van der Waals surface area contributed by atoms with Crippen molar-refractivity contribution in [1.29, 1.82) is 0 Å². The third kappa shape index (κ3) is 3.34. The van der Waals surface area contributed by atoms with E-state index in [0.29, 0.717) is 5.88 Å². The van der Waals surface area contributed by atoms with Crippen LogP contribution in [0.2, 0.25) is 0 Å². The van der Waals surface area contributed by atoms with Crippen LogP contribution in [0.4, 0.5) is 0 Å². The van der Waals surface area contributed by atoms with Gasteiger partial charge < -0.3 is 5.11 Å². The van der Waals surface area contributed by atoms with Crippen molar-refractivity contribution in [3.63, 3.8) is 0 Å². The summed E-state index contributed by atoms with van der Waals surface area (Å²) in [7, 11) is -3.51. The van der Waals surface area contributed by atoms with Crippen molar-refractivity contribution in [1.82, 2.24) is 4.31 Å². The highest BCUT2D eigenvalue weighted by Crippen LogP contribution is 2.29. The fourth-order valence-corrected chi connectivity index (χ4v) is 4.24. The molecule has 1 aromatic carbocycles. The maximum atomic E-state index is 12.6. The summed E-state index contributed by atoms with van der Waals surface area (Å²) in [4.78, 5) is 0.288. The van der Waals surface area contributed by atoms with Crippen LogP contribution in [0.25, 0.3) is 0 Å². The number of rotatable bonds is 7. The molecule has 0 aliphatic heterocycles. The van der Waals surface area contributed by atoms with Crippen molar-refractivity contribution in [2.75, 3.05) is 19.0 Å². The van der Waals surface area contributed by atoms with E-state index in [0.717, 1.165) is 31.2 Å². The molecular formula is C14H20ClNO3S. The Labute approximate surface area is 125 Å². The molecule has 0 bridgehead atoms. The molecule has 0 amide bonds. The van der Waals surface area contributed by atoms with Gasteiger partial charge in [-0.05, 0) is 37.0 Å². The average Bonchev–Trinajstić information content (AvgIpc) is 2.37. The van der Waals surface area contributed by atoms with Crippen LogP contribution >= 0.6 is 11.6 Å². The summed E-state index contributed by atoms with van der Waals surface area (Å²) >= 11 is 5.67. The van der Waals surface area contributed by atoms with E-state index < -0.39 is 10.0 Å². The van der Waals surface area contributed by atoms with Crippen LogP contribution in [-0.2, 0) is 16.4 Å². The zero-order chi connectivity index (χ0) is 14.6. The van der Waals surface area contributed by atoms with Gasteiger partial charge in [0.25, 0.3) is 0 Å². The van der Waals surface area contributed by atoms with Crippen LogP contribution in [-0.4, -0.2) is 42.9 Å². The number of hydrogen-bond donors (Lipinski definition) is 1. The number of benzene rings is 1. The Morgan fingerprint density at radius 2 is 1.90 bits per heavy atom. The minimum atomic E-state index is -3.51. The summed E-state index contributed by atoms with van der Waals surface area (Å²) in [5.41, 5.74) is 1.02. The summed E-state index contributed by atoms with van der Waals surface area (Å²) in [5, 5.41) is 9.11. The van der Waals surface area contributed by atoms with Crippen molar-refractivity contribution in [3.05, 3.63) is 29.8 Å². The lowest BCUT2D eigenvalue weighted by Gasteiger charge is -2.36. The summed E-state index contributed by atoms with van der Waals surface area (Å²) in [6, 6.07) is 6.88. The second kappa shape index (κ2) is 6.89. The SMILES string of the molecule is O=S(=O)(c1ccc(CCCl)cc1)N(CCO)C1CCC1. The summed E-state index contributed by atoms with van der Waals surface area (Å²) < 4.78 is 26.7. The number of halogens is 1. The Morgan fingerprint density at radius 1 is 1.25 bits per heavy atom. The first-order chi connectivity index (χ1) is 9.59. The molecule has 1 N–H and O–H groups in total. The Balaban J connectivity index is 2.22. The van der Waals surface area contributed by atoms with Crippen LogP contribution in [0.5, 0.6) is 0 Å². The Kier molecular flexibility index (Phi) is 5.43. The largest absolute Gasteiger partial charge is 0.395 e. The molecule has 4 nitrogen and oxygen atoms in total. The zero-order valence-electron chi connectivity index (χ0n) is 11.3. The molecule has 6 heteroatoms. The summed E-state index contributed by atoms with van der Waals surface area (Å²) in [5.74, 6) is 0.519. The monoisotopic (exact) mass is 317 g/mol. The smallest absolute Gasteiger partial charge is 0.243 e. The number of hydrogen-bond acceptors (Lipinski definition) is 3. The third-order valence-corrected chi connectivity index (χ3v) is 5.87. The first-order valence-electron chi connectivity index (χ1n) is 6.87. The fourth-order valence-electron chi connectivity index (χ4n) is 2.34. The lowest BCUT2D eigenvalue weighted by Crippen LogP contribution is -2.45. The zero-order valence-corrected chi connectivity index (χ0v) is 12.9.